The normalized spacial score (nSPS) is 13.3. The Morgan fingerprint density at radius 1 is 0.708 bits per heavy atom. The predicted octanol–water partition coefficient (Wildman–Crippen LogP) is 5.43. The van der Waals surface area contributed by atoms with Crippen molar-refractivity contribution in [1.82, 2.24) is 0 Å². The van der Waals surface area contributed by atoms with Crippen molar-refractivity contribution in [3.63, 3.8) is 0 Å². The molecule has 0 N–H and O–H groups in total. The first-order chi connectivity index (χ1) is 11.5. The van der Waals surface area contributed by atoms with Gasteiger partial charge in [-0.3, -0.25) is 9.59 Å². The molecule has 0 aliphatic heterocycles. The maximum absolute atomic E-state index is 12.1. The third-order valence-electron chi connectivity index (χ3n) is 4.61. The Kier molecular flexibility index (Phi) is 13.7. The molecule has 0 aromatic heterocycles. The van der Waals surface area contributed by atoms with Gasteiger partial charge in [-0.15, -0.1) is 0 Å². The van der Waals surface area contributed by atoms with Crippen LogP contribution in [0.3, 0.4) is 0 Å². The highest BCUT2D eigenvalue weighted by molar-refractivity contribution is 5.99. The second-order valence-corrected chi connectivity index (χ2v) is 6.72. The molecule has 0 amide bonds. The van der Waals surface area contributed by atoms with Crippen LogP contribution < -0.4 is 0 Å². The molecule has 24 heavy (non-hydrogen) atoms. The Morgan fingerprint density at radius 2 is 1.17 bits per heavy atom. The van der Waals surface area contributed by atoms with E-state index >= 15 is 0 Å². The zero-order valence-electron chi connectivity index (χ0n) is 16.3. The number of carbonyl (C=O) groups is 2. The van der Waals surface area contributed by atoms with Crippen LogP contribution in [0.4, 0.5) is 0 Å². The van der Waals surface area contributed by atoms with E-state index in [-0.39, 0.29) is 6.61 Å². The van der Waals surface area contributed by atoms with Crippen LogP contribution in [0.1, 0.15) is 98.3 Å². The molecule has 0 saturated carbocycles. The number of rotatable bonds is 15. The third-order valence-corrected chi connectivity index (χ3v) is 4.61. The molecular weight excluding hydrogens is 304 g/mol. The molecular formula is C20H38O4. The molecule has 0 fully saturated rings. The summed E-state index contributed by atoms with van der Waals surface area (Å²) in [6, 6.07) is 0. The quantitative estimate of drug-likeness (QED) is 0.226. The van der Waals surface area contributed by atoms with E-state index < -0.39 is 17.4 Å². The lowest BCUT2D eigenvalue weighted by Crippen LogP contribution is -2.39. The summed E-state index contributed by atoms with van der Waals surface area (Å²) in [5, 5.41) is 0. The Morgan fingerprint density at radius 3 is 1.62 bits per heavy atom. The molecule has 0 aliphatic rings. The fraction of sp³-hybridized carbons (Fsp3) is 0.900. The van der Waals surface area contributed by atoms with Gasteiger partial charge in [-0.1, -0.05) is 71.6 Å². The number of hydrogen-bond donors (Lipinski definition) is 0. The first-order valence-electron chi connectivity index (χ1n) is 9.87. The van der Waals surface area contributed by atoms with E-state index in [0.717, 1.165) is 12.8 Å². The van der Waals surface area contributed by atoms with Crippen LogP contribution in [-0.4, -0.2) is 25.2 Å². The van der Waals surface area contributed by atoms with Gasteiger partial charge in [0.15, 0.2) is 5.41 Å². The summed E-state index contributed by atoms with van der Waals surface area (Å²) in [5.41, 5.74) is -1.17. The van der Waals surface area contributed by atoms with Crippen molar-refractivity contribution in [3.8, 4) is 0 Å². The maximum Gasteiger partial charge on any atom is 0.323 e. The lowest BCUT2D eigenvalue weighted by atomic mass is 9.88. The van der Waals surface area contributed by atoms with E-state index in [0.29, 0.717) is 13.0 Å². The van der Waals surface area contributed by atoms with Gasteiger partial charge in [-0.05, 0) is 26.7 Å². The molecule has 0 aromatic carbocycles. The molecule has 0 heterocycles. The predicted molar refractivity (Wildman–Crippen MR) is 97.8 cm³/mol. The van der Waals surface area contributed by atoms with Crippen molar-refractivity contribution in [3.05, 3.63) is 0 Å². The van der Waals surface area contributed by atoms with E-state index in [1.165, 1.54) is 51.4 Å². The van der Waals surface area contributed by atoms with Gasteiger partial charge in [0.2, 0.25) is 0 Å². The summed E-state index contributed by atoms with van der Waals surface area (Å²) in [6.45, 7) is 8.06. The number of ether oxygens (including phenoxy) is 2. The Bertz CT molecular complexity index is 341. The van der Waals surface area contributed by atoms with Crippen LogP contribution in [0.5, 0.6) is 0 Å². The van der Waals surface area contributed by atoms with Crippen molar-refractivity contribution in [2.45, 2.75) is 98.3 Å². The molecule has 4 heteroatoms. The van der Waals surface area contributed by atoms with Gasteiger partial charge in [-0.2, -0.15) is 0 Å². The van der Waals surface area contributed by atoms with Crippen LogP contribution in [0, 0.1) is 5.41 Å². The molecule has 0 saturated heterocycles. The van der Waals surface area contributed by atoms with Gasteiger partial charge in [0, 0.05) is 0 Å². The minimum absolute atomic E-state index is 0.278. The van der Waals surface area contributed by atoms with Crippen molar-refractivity contribution in [2.75, 3.05) is 13.2 Å². The number of hydrogen-bond acceptors (Lipinski definition) is 4. The summed E-state index contributed by atoms with van der Waals surface area (Å²) in [5.74, 6) is -0.944. The summed E-state index contributed by atoms with van der Waals surface area (Å²) in [6.07, 6.45) is 12.8. The molecule has 0 bridgehead atoms. The number of unbranched alkanes of at least 4 members (excludes halogenated alkanes) is 9. The number of esters is 2. The second kappa shape index (κ2) is 14.3. The topological polar surface area (TPSA) is 52.6 Å². The molecule has 0 spiro atoms. The lowest BCUT2D eigenvalue weighted by molar-refractivity contribution is -0.171. The Balaban J connectivity index is 3.72. The molecule has 0 rings (SSSR count). The zero-order chi connectivity index (χ0) is 18.3. The van der Waals surface area contributed by atoms with Gasteiger partial charge in [0.1, 0.15) is 0 Å². The molecule has 4 nitrogen and oxygen atoms in total. The lowest BCUT2D eigenvalue weighted by Gasteiger charge is -2.23. The van der Waals surface area contributed by atoms with Gasteiger partial charge in [0.05, 0.1) is 13.2 Å². The summed E-state index contributed by atoms with van der Waals surface area (Å²) in [4.78, 5) is 24.1. The minimum atomic E-state index is -1.17. The van der Waals surface area contributed by atoms with Crippen LogP contribution in [0.15, 0.2) is 0 Å². The van der Waals surface area contributed by atoms with Crippen molar-refractivity contribution in [1.29, 1.82) is 0 Å². The molecule has 0 aliphatic carbocycles. The first kappa shape index (κ1) is 22.9. The van der Waals surface area contributed by atoms with E-state index in [9.17, 15) is 9.59 Å². The SMILES string of the molecule is CCCCCCCCCCCCOC(=O)C(C)(CC)C(=O)OCC. The highest BCUT2D eigenvalue weighted by atomic mass is 16.6. The summed E-state index contributed by atoms with van der Waals surface area (Å²) in [7, 11) is 0. The molecule has 1 atom stereocenters. The van der Waals surface area contributed by atoms with Crippen molar-refractivity contribution in [2.24, 2.45) is 5.41 Å². The van der Waals surface area contributed by atoms with E-state index in [2.05, 4.69) is 6.92 Å². The van der Waals surface area contributed by atoms with E-state index in [1.807, 2.05) is 0 Å². The highest BCUT2D eigenvalue weighted by Gasteiger charge is 2.42. The first-order valence-corrected chi connectivity index (χ1v) is 9.87. The molecule has 142 valence electrons. The van der Waals surface area contributed by atoms with Crippen LogP contribution >= 0.6 is 0 Å². The smallest absolute Gasteiger partial charge is 0.323 e. The monoisotopic (exact) mass is 342 g/mol. The standard InChI is InChI=1S/C20H38O4/c1-5-8-9-10-11-12-13-14-15-16-17-24-19(22)20(4,6-2)18(21)23-7-3/h5-17H2,1-4H3. The van der Waals surface area contributed by atoms with Crippen LogP contribution in [0.2, 0.25) is 0 Å². The second-order valence-electron chi connectivity index (χ2n) is 6.72. The fourth-order valence-electron chi connectivity index (χ4n) is 2.58. The average Bonchev–Trinajstić information content (AvgIpc) is 2.58. The van der Waals surface area contributed by atoms with Gasteiger partial charge < -0.3 is 9.47 Å². The Hall–Kier alpha value is -1.06. The molecule has 0 radical (unpaired) electrons. The van der Waals surface area contributed by atoms with E-state index in [1.54, 1.807) is 20.8 Å². The average molecular weight is 343 g/mol. The molecule has 1 unspecified atom stereocenters. The summed E-state index contributed by atoms with van der Waals surface area (Å²) >= 11 is 0. The van der Waals surface area contributed by atoms with Crippen LogP contribution in [-0.2, 0) is 19.1 Å². The maximum atomic E-state index is 12.1. The largest absolute Gasteiger partial charge is 0.465 e. The Labute approximate surface area is 148 Å². The molecule has 0 aromatic rings. The minimum Gasteiger partial charge on any atom is -0.465 e. The summed E-state index contributed by atoms with van der Waals surface area (Å²) < 4.78 is 10.3. The zero-order valence-corrected chi connectivity index (χ0v) is 16.3. The van der Waals surface area contributed by atoms with Crippen molar-refractivity contribution < 1.29 is 19.1 Å². The van der Waals surface area contributed by atoms with Gasteiger partial charge in [0.25, 0.3) is 0 Å². The van der Waals surface area contributed by atoms with Gasteiger partial charge >= 0.3 is 11.9 Å². The van der Waals surface area contributed by atoms with E-state index in [4.69, 9.17) is 9.47 Å². The highest BCUT2D eigenvalue weighted by Crippen LogP contribution is 2.25. The van der Waals surface area contributed by atoms with Gasteiger partial charge in [-0.25, -0.2) is 0 Å². The van der Waals surface area contributed by atoms with Crippen molar-refractivity contribution >= 4 is 11.9 Å². The number of carbonyl (C=O) groups excluding carboxylic acids is 2. The third kappa shape index (κ3) is 9.29. The fourth-order valence-corrected chi connectivity index (χ4v) is 2.58. The van der Waals surface area contributed by atoms with Crippen LogP contribution in [0.25, 0.3) is 0 Å².